The molecule has 0 saturated heterocycles. The van der Waals surface area contributed by atoms with E-state index in [9.17, 15) is 32.0 Å². The molecule has 1 heterocycles. The van der Waals surface area contributed by atoms with E-state index < -0.39 is 45.4 Å². The Labute approximate surface area is 122 Å². The van der Waals surface area contributed by atoms with Crippen LogP contribution < -0.4 is 16.6 Å². The van der Waals surface area contributed by atoms with Crippen LogP contribution >= 0.6 is 0 Å². The zero-order valence-electron chi connectivity index (χ0n) is 11.3. The van der Waals surface area contributed by atoms with Crippen LogP contribution in [0.2, 0.25) is 0 Å². The molecule has 0 saturated carbocycles. The van der Waals surface area contributed by atoms with E-state index in [1.807, 2.05) is 5.32 Å². The number of rotatable bonds is 5. The molecule has 0 aromatic carbocycles. The third-order valence-corrected chi connectivity index (χ3v) is 3.13. The summed E-state index contributed by atoms with van der Waals surface area (Å²) >= 11 is 0. The van der Waals surface area contributed by atoms with Gasteiger partial charge in [0, 0.05) is 6.26 Å². The first-order valence-electron chi connectivity index (χ1n) is 5.73. The molecule has 0 fully saturated rings. The second-order valence-corrected chi connectivity index (χ2v) is 6.38. The van der Waals surface area contributed by atoms with E-state index in [1.54, 1.807) is 4.98 Å². The maximum atomic E-state index is 13.0. The predicted molar refractivity (Wildman–Crippen MR) is 70.7 cm³/mol. The van der Waals surface area contributed by atoms with Gasteiger partial charge in [0.1, 0.15) is 13.2 Å². The van der Waals surface area contributed by atoms with E-state index in [0.29, 0.717) is 6.20 Å². The Morgan fingerprint density at radius 2 is 2.05 bits per heavy atom. The van der Waals surface area contributed by atoms with Crippen molar-refractivity contribution in [1.82, 2.24) is 14.9 Å². The van der Waals surface area contributed by atoms with Gasteiger partial charge in [-0.2, -0.15) is 4.39 Å². The summed E-state index contributed by atoms with van der Waals surface area (Å²) in [6.07, 6.45) is 1.32. The molecule has 1 amide bonds. The molecular weight excluding hydrogens is 325 g/mol. The number of carbonyl (C=O) groups is 2. The summed E-state index contributed by atoms with van der Waals surface area (Å²) in [5.41, 5.74) is -2.47. The van der Waals surface area contributed by atoms with Crippen molar-refractivity contribution in [3.05, 3.63) is 32.9 Å². The van der Waals surface area contributed by atoms with Gasteiger partial charge in [-0.3, -0.25) is 14.6 Å². The summed E-state index contributed by atoms with van der Waals surface area (Å²) in [6, 6.07) is -1.17. The van der Waals surface area contributed by atoms with E-state index >= 15 is 0 Å². The first-order chi connectivity index (χ1) is 10.1. The van der Waals surface area contributed by atoms with Gasteiger partial charge in [0.15, 0.2) is 9.84 Å². The molecule has 2 N–H and O–H groups in total. The van der Waals surface area contributed by atoms with E-state index in [4.69, 9.17) is 0 Å². The fraction of sp³-hybridized carbons (Fsp3) is 0.400. The van der Waals surface area contributed by atoms with Gasteiger partial charge in [0.2, 0.25) is 5.82 Å². The Bertz CT molecular complexity index is 795. The molecule has 0 aliphatic carbocycles. The van der Waals surface area contributed by atoms with Crippen molar-refractivity contribution in [2.45, 2.75) is 0 Å². The summed E-state index contributed by atoms with van der Waals surface area (Å²) in [6.45, 7) is -1.06. The third-order valence-electron chi connectivity index (χ3n) is 2.22. The fourth-order valence-corrected chi connectivity index (χ4v) is 1.58. The van der Waals surface area contributed by atoms with E-state index in [0.717, 1.165) is 6.26 Å². The first kappa shape index (κ1) is 17.6. The van der Waals surface area contributed by atoms with Crippen LogP contribution in [-0.2, 0) is 19.4 Å². The van der Waals surface area contributed by atoms with Gasteiger partial charge in [0.25, 0.3) is 5.56 Å². The van der Waals surface area contributed by atoms with Gasteiger partial charge < -0.3 is 10.1 Å². The molecule has 0 aliphatic heterocycles. The Morgan fingerprint density at radius 1 is 1.41 bits per heavy atom. The lowest BCUT2D eigenvalue weighted by Gasteiger charge is -2.07. The number of aromatic amines is 1. The standard InChI is InChI=1S/C10H12FN3O7S/c1-22(19,20)3-2-21-7(15)4-12-9(17)14-5-6(11)8(16)13-10(14)18/h5H,2-4H2,1H3,(H,12,17)(H,13,16,18). The number of nitrogens with one attached hydrogen (secondary N) is 2. The number of hydrogen-bond donors (Lipinski definition) is 2. The van der Waals surface area contributed by atoms with Crippen molar-refractivity contribution in [2.75, 3.05) is 25.2 Å². The number of carbonyl (C=O) groups excluding carboxylic acids is 2. The first-order valence-corrected chi connectivity index (χ1v) is 7.79. The number of aromatic nitrogens is 2. The molecule has 0 unspecified atom stereocenters. The molecule has 10 nitrogen and oxygen atoms in total. The summed E-state index contributed by atoms with van der Waals surface area (Å²) in [5.74, 6) is -2.68. The van der Waals surface area contributed by atoms with Crippen LogP contribution in [0.4, 0.5) is 9.18 Å². The van der Waals surface area contributed by atoms with Gasteiger partial charge in [-0.1, -0.05) is 0 Å². The maximum Gasteiger partial charge on any atom is 0.336 e. The molecule has 122 valence electrons. The lowest BCUT2D eigenvalue weighted by Crippen LogP contribution is -2.42. The molecule has 0 atom stereocenters. The smallest absolute Gasteiger partial charge is 0.336 e. The molecule has 12 heteroatoms. The maximum absolute atomic E-state index is 13.0. The Balaban J connectivity index is 2.56. The zero-order valence-corrected chi connectivity index (χ0v) is 12.1. The van der Waals surface area contributed by atoms with Gasteiger partial charge in [0.05, 0.1) is 11.9 Å². The van der Waals surface area contributed by atoms with Gasteiger partial charge in [-0.25, -0.2) is 22.6 Å². The lowest BCUT2D eigenvalue weighted by atomic mass is 10.6. The van der Waals surface area contributed by atoms with Crippen molar-refractivity contribution in [3.8, 4) is 0 Å². The number of halogens is 1. The van der Waals surface area contributed by atoms with Crippen LogP contribution in [0, 0.1) is 5.82 Å². The van der Waals surface area contributed by atoms with Crippen molar-refractivity contribution in [2.24, 2.45) is 0 Å². The second kappa shape index (κ2) is 6.98. The van der Waals surface area contributed by atoms with Crippen molar-refractivity contribution in [1.29, 1.82) is 0 Å². The highest BCUT2D eigenvalue weighted by atomic mass is 32.2. The Kier molecular flexibility index (Phi) is 5.56. The number of sulfone groups is 1. The Morgan fingerprint density at radius 3 is 2.64 bits per heavy atom. The van der Waals surface area contributed by atoms with E-state index in [-0.39, 0.29) is 16.9 Å². The number of hydrogen-bond acceptors (Lipinski definition) is 7. The number of nitrogens with zero attached hydrogens (tertiary/aromatic N) is 1. The van der Waals surface area contributed by atoms with Crippen LogP contribution in [0.5, 0.6) is 0 Å². The van der Waals surface area contributed by atoms with Crippen molar-refractivity contribution >= 4 is 21.8 Å². The monoisotopic (exact) mass is 337 g/mol. The van der Waals surface area contributed by atoms with Gasteiger partial charge >= 0.3 is 17.7 Å². The molecule has 1 rings (SSSR count). The van der Waals surface area contributed by atoms with Crippen LogP contribution in [-0.4, -0.2) is 55.1 Å². The summed E-state index contributed by atoms with van der Waals surface area (Å²) in [5, 5.41) is 1.95. The molecule has 0 radical (unpaired) electrons. The number of esters is 1. The minimum Gasteiger partial charge on any atom is -0.463 e. The highest BCUT2D eigenvalue weighted by molar-refractivity contribution is 7.90. The highest BCUT2D eigenvalue weighted by Crippen LogP contribution is 1.87. The topological polar surface area (TPSA) is 144 Å². The van der Waals surface area contributed by atoms with Crippen LogP contribution in [0.3, 0.4) is 0 Å². The molecule has 22 heavy (non-hydrogen) atoms. The van der Waals surface area contributed by atoms with Crippen LogP contribution in [0.25, 0.3) is 0 Å². The van der Waals surface area contributed by atoms with Gasteiger partial charge in [-0.05, 0) is 0 Å². The largest absolute Gasteiger partial charge is 0.463 e. The average Bonchev–Trinajstić information content (AvgIpc) is 2.38. The summed E-state index contributed by atoms with van der Waals surface area (Å²) < 4.78 is 39.3. The molecule has 1 aromatic rings. The lowest BCUT2D eigenvalue weighted by molar-refractivity contribution is -0.141. The summed E-state index contributed by atoms with van der Waals surface area (Å²) in [4.78, 5) is 46.3. The molecule has 0 bridgehead atoms. The number of amides is 1. The fourth-order valence-electron chi connectivity index (χ4n) is 1.19. The normalized spacial score (nSPS) is 11.0. The molecule has 0 spiro atoms. The van der Waals surface area contributed by atoms with Gasteiger partial charge in [-0.15, -0.1) is 0 Å². The Hall–Kier alpha value is -2.50. The second-order valence-electron chi connectivity index (χ2n) is 4.12. The third kappa shape index (κ3) is 5.47. The van der Waals surface area contributed by atoms with Crippen molar-refractivity contribution in [3.63, 3.8) is 0 Å². The van der Waals surface area contributed by atoms with Crippen LogP contribution in [0.1, 0.15) is 0 Å². The zero-order chi connectivity index (χ0) is 16.9. The van der Waals surface area contributed by atoms with E-state index in [2.05, 4.69) is 4.74 Å². The molecular formula is C10H12FN3O7S. The quantitative estimate of drug-likeness (QED) is 0.581. The average molecular weight is 337 g/mol. The number of ether oxygens (including phenoxy) is 1. The minimum atomic E-state index is -3.29. The molecule has 0 aliphatic rings. The number of H-pyrrole nitrogens is 1. The predicted octanol–water partition coefficient (Wildman–Crippen LogP) is -2.18. The highest BCUT2D eigenvalue weighted by Gasteiger charge is 2.13. The SMILES string of the molecule is CS(=O)(=O)CCOC(=O)CNC(=O)n1cc(F)c(=O)[nH]c1=O. The molecule has 1 aromatic heterocycles. The minimum absolute atomic E-state index is 0.223. The van der Waals surface area contributed by atoms with Crippen molar-refractivity contribution < 1.29 is 27.1 Å². The summed E-state index contributed by atoms with van der Waals surface area (Å²) in [7, 11) is -3.29. The van der Waals surface area contributed by atoms with E-state index in [1.165, 1.54) is 0 Å². The van der Waals surface area contributed by atoms with Crippen LogP contribution in [0.15, 0.2) is 15.8 Å².